The number of halogens is 1. The van der Waals surface area contributed by atoms with Crippen LogP contribution in [0.4, 0.5) is 21.8 Å². The van der Waals surface area contributed by atoms with Crippen LogP contribution in [0.2, 0.25) is 0 Å². The number of nitro groups is 1. The number of rotatable bonds is 6. The molecule has 1 aliphatic carbocycles. The fourth-order valence-corrected chi connectivity index (χ4v) is 2.99. The lowest BCUT2D eigenvalue weighted by Crippen LogP contribution is -2.12. The minimum atomic E-state index is -0.608. The zero-order chi connectivity index (χ0) is 19.8. The number of anilines is 2. The van der Waals surface area contributed by atoms with Crippen molar-refractivity contribution in [2.45, 2.75) is 31.7 Å². The van der Waals surface area contributed by atoms with Crippen LogP contribution in [-0.2, 0) is 0 Å². The van der Waals surface area contributed by atoms with E-state index in [-0.39, 0.29) is 35.0 Å². The Hall–Kier alpha value is -3.56. The van der Waals surface area contributed by atoms with E-state index < -0.39 is 4.92 Å². The number of hydrogen-bond donors (Lipinski definition) is 3. The third-order valence-electron chi connectivity index (χ3n) is 4.67. The first-order valence-electron chi connectivity index (χ1n) is 8.82. The summed E-state index contributed by atoms with van der Waals surface area (Å²) < 4.78 is 13.1. The Morgan fingerprint density at radius 3 is 2.68 bits per heavy atom. The van der Waals surface area contributed by atoms with E-state index in [0.717, 1.165) is 24.1 Å². The van der Waals surface area contributed by atoms with Gasteiger partial charge in [-0.1, -0.05) is 12.1 Å². The molecule has 0 aliphatic heterocycles. The van der Waals surface area contributed by atoms with Crippen molar-refractivity contribution in [1.29, 1.82) is 0 Å². The third kappa shape index (κ3) is 3.48. The van der Waals surface area contributed by atoms with Crippen molar-refractivity contribution in [3.8, 4) is 11.4 Å². The molecule has 0 amide bonds. The number of nitrogen functional groups attached to an aromatic ring is 1. The van der Waals surface area contributed by atoms with Gasteiger partial charge in [0.25, 0.3) is 0 Å². The van der Waals surface area contributed by atoms with Gasteiger partial charge < -0.3 is 11.1 Å². The van der Waals surface area contributed by atoms with Gasteiger partial charge in [-0.05, 0) is 43.5 Å². The maximum absolute atomic E-state index is 13.1. The van der Waals surface area contributed by atoms with Crippen molar-refractivity contribution < 1.29 is 9.31 Å². The molecule has 1 saturated carbocycles. The number of aromatic nitrogens is 4. The second-order valence-electron chi connectivity index (χ2n) is 6.79. The van der Waals surface area contributed by atoms with E-state index in [1.165, 1.54) is 12.1 Å². The summed E-state index contributed by atoms with van der Waals surface area (Å²) in [5.41, 5.74) is 7.60. The van der Waals surface area contributed by atoms with E-state index in [0.29, 0.717) is 11.6 Å². The van der Waals surface area contributed by atoms with Crippen LogP contribution in [0.5, 0.6) is 0 Å². The molecule has 0 bridgehead atoms. The standard InChI is InChI=1S/C18H18FN7O2/c1-9(10-4-6-12(19)7-5-10)21-18-22-15(16(26(27)28)17(20)23-18)14-8-13(24-25-14)11-2-3-11/h4-9,11H,2-3H2,1H3,(H,24,25)(H3,20,21,22,23)/t9-/m0/s1. The van der Waals surface area contributed by atoms with Crippen LogP contribution >= 0.6 is 0 Å². The quantitative estimate of drug-likeness (QED) is 0.437. The summed E-state index contributed by atoms with van der Waals surface area (Å²) >= 11 is 0. The molecule has 1 atom stereocenters. The van der Waals surface area contributed by atoms with E-state index in [1.54, 1.807) is 18.2 Å². The van der Waals surface area contributed by atoms with Crippen molar-refractivity contribution in [3.63, 3.8) is 0 Å². The number of H-pyrrole nitrogens is 1. The summed E-state index contributed by atoms with van der Waals surface area (Å²) in [5, 5.41) is 21.6. The van der Waals surface area contributed by atoms with Gasteiger partial charge in [0.2, 0.25) is 11.8 Å². The average molecular weight is 383 g/mol. The third-order valence-corrected chi connectivity index (χ3v) is 4.67. The fraction of sp³-hybridized carbons (Fsp3) is 0.278. The molecule has 144 valence electrons. The van der Waals surface area contributed by atoms with Gasteiger partial charge in [0.15, 0.2) is 5.69 Å². The van der Waals surface area contributed by atoms with Crippen LogP contribution < -0.4 is 11.1 Å². The number of benzene rings is 1. The second kappa shape index (κ2) is 6.87. The van der Waals surface area contributed by atoms with Crippen LogP contribution in [-0.4, -0.2) is 25.1 Å². The van der Waals surface area contributed by atoms with Gasteiger partial charge in [0.05, 0.1) is 11.0 Å². The summed E-state index contributed by atoms with van der Waals surface area (Å²) in [6.45, 7) is 1.84. The number of nitrogens with one attached hydrogen (secondary N) is 2. The van der Waals surface area contributed by atoms with Crippen molar-refractivity contribution in [2.75, 3.05) is 11.1 Å². The van der Waals surface area contributed by atoms with E-state index in [9.17, 15) is 14.5 Å². The highest BCUT2D eigenvalue weighted by molar-refractivity contribution is 5.75. The first-order valence-corrected chi connectivity index (χ1v) is 8.82. The van der Waals surface area contributed by atoms with Crippen molar-refractivity contribution in [3.05, 3.63) is 57.5 Å². The van der Waals surface area contributed by atoms with Gasteiger partial charge in [-0.2, -0.15) is 10.1 Å². The van der Waals surface area contributed by atoms with E-state index in [1.807, 2.05) is 6.92 Å². The molecular weight excluding hydrogens is 365 g/mol. The molecule has 1 aliphatic rings. The molecular formula is C18H18FN7O2. The summed E-state index contributed by atoms with van der Waals surface area (Å²) in [5.74, 6) is -0.0414. The highest BCUT2D eigenvalue weighted by atomic mass is 19.1. The zero-order valence-corrected chi connectivity index (χ0v) is 15.0. The summed E-state index contributed by atoms with van der Waals surface area (Å²) in [4.78, 5) is 19.2. The van der Waals surface area contributed by atoms with Crippen molar-refractivity contribution >= 4 is 17.5 Å². The van der Waals surface area contributed by atoms with Crippen LogP contribution in [0.3, 0.4) is 0 Å². The Kier molecular flexibility index (Phi) is 4.38. The molecule has 0 spiro atoms. The highest BCUT2D eigenvalue weighted by Gasteiger charge is 2.30. The van der Waals surface area contributed by atoms with Crippen molar-refractivity contribution in [1.82, 2.24) is 20.2 Å². The Morgan fingerprint density at radius 2 is 2.04 bits per heavy atom. The molecule has 28 heavy (non-hydrogen) atoms. The largest absolute Gasteiger partial charge is 0.378 e. The molecule has 10 heteroatoms. The van der Waals surface area contributed by atoms with Gasteiger partial charge in [-0.3, -0.25) is 15.2 Å². The monoisotopic (exact) mass is 383 g/mol. The Morgan fingerprint density at radius 1 is 1.32 bits per heavy atom. The summed E-state index contributed by atoms with van der Waals surface area (Å²) in [7, 11) is 0. The van der Waals surface area contributed by atoms with Crippen LogP contribution in [0.1, 0.15) is 43.0 Å². The predicted octanol–water partition coefficient (Wildman–Crippen LogP) is 3.55. The molecule has 2 aromatic heterocycles. The van der Waals surface area contributed by atoms with Gasteiger partial charge in [0.1, 0.15) is 11.5 Å². The minimum absolute atomic E-state index is 0.0504. The number of hydrogen-bond acceptors (Lipinski definition) is 7. The first-order chi connectivity index (χ1) is 13.4. The molecule has 0 radical (unpaired) electrons. The first kappa shape index (κ1) is 17.8. The Balaban J connectivity index is 1.69. The van der Waals surface area contributed by atoms with Crippen LogP contribution in [0.25, 0.3) is 11.4 Å². The molecule has 0 saturated heterocycles. The lowest BCUT2D eigenvalue weighted by atomic mass is 10.1. The Bertz CT molecular complexity index is 1030. The lowest BCUT2D eigenvalue weighted by Gasteiger charge is -2.15. The molecule has 9 nitrogen and oxygen atoms in total. The molecule has 4 rings (SSSR count). The number of nitrogens with two attached hydrogens (primary N) is 1. The zero-order valence-electron chi connectivity index (χ0n) is 15.0. The molecule has 2 heterocycles. The summed E-state index contributed by atoms with van der Waals surface area (Å²) in [6, 6.07) is 7.48. The van der Waals surface area contributed by atoms with Gasteiger partial charge in [-0.25, -0.2) is 9.37 Å². The number of aromatic amines is 1. The lowest BCUT2D eigenvalue weighted by molar-refractivity contribution is -0.383. The van der Waals surface area contributed by atoms with Gasteiger partial charge in [0, 0.05) is 11.6 Å². The van der Waals surface area contributed by atoms with E-state index >= 15 is 0 Å². The molecule has 3 aromatic rings. The second-order valence-corrected chi connectivity index (χ2v) is 6.79. The minimum Gasteiger partial charge on any atom is -0.378 e. The summed E-state index contributed by atoms with van der Waals surface area (Å²) in [6.07, 6.45) is 2.13. The van der Waals surface area contributed by atoms with E-state index in [2.05, 4.69) is 25.5 Å². The fourth-order valence-electron chi connectivity index (χ4n) is 2.99. The maximum atomic E-state index is 13.1. The molecule has 0 unspecified atom stereocenters. The Labute approximate surface area is 159 Å². The van der Waals surface area contributed by atoms with Crippen molar-refractivity contribution in [2.24, 2.45) is 0 Å². The highest BCUT2D eigenvalue weighted by Crippen LogP contribution is 2.41. The molecule has 1 aromatic carbocycles. The maximum Gasteiger partial charge on any atom is 0.339 e. The van der Waals surface area contributed by atoms with Gasteiger partial charge in [-0.15, -0.1) is 0 Å². The number of nitrogens with zero attached hydrogens (tertiary/aromatic N) is 4. The normalized spacial score (nSPS) is 14.6. The molecule has 1 fully saturated rings. The van der Waals surface area contributed by atoms with Gasteiger partial charge >= 0.3 is 5.69 Å². The SMILES string of the molecule is C[C@H](Nc1nc(N)c([N+](=O)[O-])c(-c2cc(C3CC3)[nH]n2)n1)c1ccc(F)cc1. The van der Waals surface area contributed by atoms with E-state index in [4.69, 9.17) is 5.73 Å². The average Bonchev–Trinajstić information content (AvgIpc) is 3.38. The topological polar surface area (TPSA) is 136 Å². The predicted molar refractivity (Wildman–Crippen MR) is 101 cm³/mol. The molecule has 4 N–H and O–H groups in total. The smallest absolute Gasteiger partial charge is 0.339 e. The van der Waals surface area contributed by atoms with Crippen LogP contribution in [0, 0.1) is 15.9 Å². The van der Waals surface area contributed by atoms with Crippen LogP contribution in [0.15, 0.2) is 30.3 Å².